The number of aromatic nitrogens is 1. The molecule has 1 aromatic rings. The van der Waals surface area contributed by atoms with Crippen LogP contribution in [0.5, 0.6) is 0 Å². The molecule has 1 aromatic heterocycles. The summed E-state index contributed by atoms with van der Waals surface area (Å²) in [5.74, 6) is 0.940. The molecule has 1 fully saturated rings. The van der Waals surface area contributed by atoms with Gasteiger partial charge in [0.2, 0.25) is 0 Å². The Labute approximate surface area is 90.9 Å². The molecule has 2 heterocycles. The molecule has 1 aliphatic rings. The molecule has 0 saturated carbocycles. The summed E-state index contributed by atoms with van der Waals surface area (Å²) in [6, 6.07) is 4.07. The summed E-state index contributed by atoms with van der Waals surface area (Å²) < 4.78 is 5.58. The van der Waals surface area contributed by atoms with Crippen molar-refractivity contribution in [2.45, 2.75) is 38.8 Å². The lowest BCUT2D eigenvalue weighted by molar-refractivity contribution is 0.105. The molecule has 0 amide bonds. The molecule has 2 unspecified atom stereocenters. The quantitative estimate of drug-likeness (QED) is 0.806. The maximum atomic E-state index is 5.58. The zero-order valence-corrected chi connectivity index (χ0v) is 9.58. The van der Waals surface area contributed by atoms with Crippen molar-refractivity contribution in [2.24, 2.45) is 0 Å². The Hall–Kier alpha value is -1.09. The smallest absolute Gasteiger partial charge is 0.126 e. The topological polar surface area (TPSA) is 34.2 Å². The van der Waals surface area contributed by atoms with Crippen molar-refractivity contribution in [2.75, 3.05) is 11.9 Å². The Morgan fingerprint density at radius 1 is 1.60 bits per heavy atom. The second-order valence-electron chi connectivity index (χ2n) is 4.52. The first-order valence-corrected chi connectivity index (χ1v) is 5.43. The molecular formula is C12H18N2O. The number of hydrogen-bond donors (Lipinski definition) is 1. The minimum Gasteiger partial charge on any atom is -0.376 e. The van der Waals surface area contributed by atoms with E-state index in [9.17, 15) is 0 Å². The van der Waals surface area contributed by atoms with E-state index in [1.807, 2.05) is 12.3 Å². The summed E-state index contributed by atoms with van der Waals surface area (Å²) in [7, 11) is 0. The molecule has 2 atom stereocenters. The Bertz CT molecular complexity index is 353. The van der Waals surface area contributed by atoms with Gasteiger partial charge in [0, 0.05) is 12.8 Å². The summed E-state index contributed by atoms with van der Waals surface area (Å²) in [5.41, 5.74) is 1.24. The van der Waals surface area contributed by atoms with E-state index >= 15 is 0 Å². The number of pyridine rings is 1. The fraction of sp³-hybridized carbons (Fsp3) is 0.583. The Balaban J connectivity index is 2.14. The van der Waals surface area contributed by atoms with Gasteiger partial charge in [-0.2, -0.15) is 0 Å². The van der Waals surface area contributed by atoms with Gasteiger partial charge in [0.25, 0.3) is 0 Å². The van der Waals surface area contributed by atoms with E-state index in [1.54, 1.807) is 0 Å². The number of ether oxygens (including phenoxy) is 1. The summed E-state index contributed by atoms with van der Waals surface area (Å²) >= 11 is 0. The highest BCUT2D eigenvalue weighted by Crippen LogP contribution is 2.28. The van der Waals surface area contributed by atoms with Gasteiger partial charge < -0.3 is 10.1 Å². The number of aryl methyl sites for hydroxylation is 1. The van der Waals surface area contributed by atoms with Crippen molar-refractivity contribution in [1.82, 2.24) is 4.98 Å². The van der Waals surface area contributed by atoms with Crippen LogP contribution in [0.2, 0.25) is 0 Å². The highest BCUT2D eigenvalue weighted by molar-refractivity contribution is 5.40. The molecule has 82 valence electrons. The predicted molar refractivity (Wildman–Crippen MR) is 61.0 cm³/mol. The van der Waals surface area contributed by atoms with Gasteiger partial charge in [-0.05, 0) is 44.9 Å². The number of hydrogen-bond acceptors (Lipinski definition) is 3. The molecule has 15 heavy (non-hydrogen) atoms. The van der Waals surface area contributed by atoms with E-state index in [1.165, 1.54) is 5.56 Å². The average molecular weight is 206 g/mol. The summed E-state index contributed by atoms with van der Waals surface area (Å²) in [4.78, 5) is 4.32. The van der Waals surface area contributed by atoms with Crippen molar-refractivity contribution in [3.8, 4) is 0 Å². The van der Waals surface area contributed by atoms with Gasteiger partial charge in [0.05, 0.1) is 11.6 Å². The molecule has 3 nitrogen and oxygen atoms in total. The van der Waals surface area contributed by atoms with Crippen LogP contribution in [0, 0.1) is 6.92 Å². The zero-order chi connectivity index (χ0) is 10.9. The molecule has 0 radical (unpaired) electrons. The monoisotopic (exact) mass is 206 g/mol. The molecule has 0 aliphatic carbocycles. The summed E-state index contributed by atoms with van der Waals surface area (Å²) in [6.45, 7) is 7.20. The van der Waals surface area contributed by atoms with Crippen LogP contribution in [0.25, 0.3) is 0 Å². The van der Waals surface area contributed by atoms with Crippen molar-refractivity contribution in [3.05, 3.63) is 23.9 Å². The Kier molecular flexibility index (Phi) is 2.65. The number of rotatable bonds is 2. The largest absolute Gasteiger partial charge is 0.376 e. The van der Waals surface area contributed by atoms with Crippen LogP contribution in [0.4, 0.5) is 5.82 Å². The minimum atomic E-state index is 0.0147. The second kappa shape index (κ2) is 3.81. The summed E-state index contributed by atoms with van der Waals surface area (Å²) in [5, 5.41) is 3.47. The van der Waals surface area contributed by atoms with Crippen LogP contribution < -0.4 is 5.32 Å². The molecule has 0 aromatic carbocycles. The molecular weight excluding hydrogens is 188 g/mol. The predicted octanol–water partition coefficient (Wildman–Crippen LogP) is 2.37. The van der Waals surface area contributed by atoms with Crippen LogP contribution in [-0.2, 0) is 4.74 Å². The fourth-order valence-electron chi connectivity index (χ4n) is 1.90. The molecule has 0 bridgehead atoms. The average Bonchev–Trinajstić information content (AvgIpc) is 2.47. The normalized spacial score (nSPS) is 30.5. The van der Waals surface area contributed by atoms with Crippen LogP contribution in [0.3, 0.4) is 0 Å². The zero-order valence-electron chi connectivity index (χ0n) is 9.58. The lowest BCUT2D eigenvalue weighted by Gasteiger charge is -2.29. The third-order valence-corrected chi connectivity index (χ3v) is 3.22. The van der Waals surface area contributed by atoms with Gasteiger partial charge in [0.15, 0.2) is 0 Å². The molecule has 0 spiro atoms. The van der Waals surface area contributed by atoms with Crippen molar-refractivity contribution >= 4 is 5.82 Å². The highest BCUT2D eigenvalue weighted by atomic mass is 16.5. The van der Waals surface area contributed by atoms with Crippen LogP contribution in [0.15, 0.2) is 18.3 Å². The van der Waals surface area contributed by atoms with Crippen LogP contribution >= 0.6 is 0 Å². The number of nitrogens with one attached hydrogen (secondary N) is 1. The fourth-order valence-corrected chi connectivity index (χ4v) is 1.90. The Morgan fingerprint density at radius 3 is 3.00 bits per heavy atom. The first-order valence-electron chi connectivity index (χ1n) is 5.43. The number of nitrogens with zero attached hydrogens (tertiary/aromatic N) is 1. The van der Waals surface area contributed by atoms with Gasteiger partial charge in [0.1, 0.15) is 5.82 Å². The Morgan fingerprint density at radius 2 is 2.40 bits per heavy atom. The lowest BCUT2D eigenvalue weighted by atomic mass is 9.95. The highest BCUT2D eigenvalue weighted by Gasteiger charge is 2.37. The van der Waals surface area contributed by atoms with Gasteiger partial charge in [-0.1, -0.05) is 0 Å². The third-order valence-electron chi connectivity index (χ3n) is 3.22. The van der Waals surface area contributed by atoms with Gasteiger partial charge in [-0.15, -0.1) is 0 Å². The standard InChI is InChI=1S/C12H18N2O/c1-9-4-6-13-11(8-9)14-12(3)5-7-15-10(12)2/h4,6,8,10H,5,7H2,1-3H3,(H,13,14). The lowest BCUT2D eigenvalue weighted by Crippen LogP contribution is -2.41. The van der Waals surface area contributed by atoms with Crippen molar-refractivity contribution in [3.63, 3.8) is 0 Å². The van der Waals surface area contributed by atoms with E-state index in [2.05, 4.69) is 37.1 Å². The molecule has 1 N–H and O–H groups in total. The minimum absolute atomic E-state index is 0.0147. The first kappa shape index (κ1) is 10.4. The van der Waals surface area contributed by atoms with E-state index in [4.69, 9.17) is 4.74 Å². The maximum absolute atomic E-state index is 5.58. The van der Waals surface area contributed by atoms with Gasteiger partial charge in [-0.25, -0.2) is 4.98 Å². The van der Waals surface area contributed by atoms with Gasteiger partial charge >= 0.3 is 0 Å². The molecule has 2 rings (SSSR count). The van der Waals surface area contributed by atoms with Crippen LogP contribution in [-0.4, -0.2) is 23.2 Å². The van der Waals surface area contributed by atoms with E-state index < -0.39 is 0 Å². The number of anilines is 1. The van der Waals surface area contributed by atoms with E-state index in [0.29, 0.717) is 0 Å². The van der Waals surface area contributed by atoms with Crippen molar-refractivity contribution < 1.29 is 4.74 Å². The van der Waals surface area contributed by atoms with E-state index in [-0.39, 0.29) is 11.6 Å². The van der Waals surface area contributed by atoms with E-state index in [0.717, 1.165) is 18.8 Å². The van der Waals surface area contributed by atoms with Gasteiger partial charge in [-0.3, -0.25) is 0 Å². The summed E-state index contributed by atoms with van der Waals surface area (Å²) in [6.07, 6.45) is 3.10. The molecule has 1 saturated heterocycles. The molecule has 1 aliphatic heterocycles. The third kappa shape index (κ3) is 2.12. The SMILES string of the molecule is Cc1ccnc(NC2(C)CCOC2C)c1. The van der Waals surface area contributed by atoms with Crippen molar-refractivity contribution in [1.29, 1.82) is 0 Å². The molecule has 3 heteroatoms. The second-order valence-corrected chi connectivity index (χ2v) is 4.52. The first-order chi connectivity index (χ1) is 7.10. The maximum Gasteiger partial charge on any atom is 0.126 e. The van der Waals surface area contributed by atoms with Crippen LogP contribution in [0.1, 0.15) is 25.8 Å².